The van der Waals surface area contributed by atoms with E-state index < -0.39 is 0 Å². The Balaban J connectivity index is 1.34. The first-order valence-corrected chi connectivity index (χ1v) is 15.0. The first-order chi connectivity index (χ1) is 18.1. The highest BCUT2D eigenvalue weighted by Crippen LogP contribution is 2.31. The Bertz CT molecular complexity index is 1060. The normalized spacial score (nSPS) is 17.2. The van der Waals surface area contributed by atoms with Gasteiger partial charge in [0.05, 0.1) is 12.3 Å². The summed E-state index contributed by atoms with van der Waals surface area (Å²) in [5, 5.41) is 12.8. The summed E-state index contributed by atoms with van der Waals surface area (Å²) >= 11 is 7.61. The molecule has 1 aromatic heterocycles. The second-order valence-corrected chi connectivity index (χ2v) is 11.2. The zero-order valence-electron chi connectivity index (χ0n) is 21.7. The number of amides is 2. The van der Waals surface area contributed by atoms with Crippen molar-refractivity contribution < 1.29 is 9.59 Å². The van der Waals surface area contributed by atoms with Crippen LogP contribution in [0.25, 0.3) is 6.08 Å². The van der Waals surface area contributed by atoms with Crippen LogP contribution in [0.15, 0.2) is 35.5 Å². The number of hydrogen-bond acceptors (Lipinski definition) is 5. The number of thioether (sulfide) groups is 1. The zero-order valence-corrected chi connectivity index (χ0v) is 23.3. The zero-order chi connectivity index (χ0) is 26.0. The van der Waals surface area contributed by atoms with Crippen LogP contribution in [0.4, 0.5) is 0 Å². The lowest BCUT2D eigenvalue weighted by atomic mass is 9.88. The van der Waals surface area contributed by atoms with Crippen molar-refractivity contribution in [1.82, 2.24) is 25.0 Å². The molecular formula is C28H38ClN5O2S. The van der Waals surface area contributed by atoms with Crippen LogP contribution in [0.1, 0.15) is 82.5 Å². The molecule has 0 bridgehead atoms. The summed E-state index contributed by atoms with van der Waals surface area (Å²) in [6.45, 7) is 2.95. The summed E-state index contributed by atoms with van der Waals surface area (Å²) in [6.07, 6.45) is 15.1. The number of nitrogens with zero attached hydrogens (tertiary/aromatic N) is 4. The second-order valence-electron chi connectivity index (χ2n) is 9.89. The van der Waals surface area contributed by atoms with Gasteiger partial charge < -0.3 is 14.8 Å². The molecule has 2 fully saturated rings. The first kappa shape index (κ1) is 27.7. The molecule has 9 heteroatoms. The lowest BCUT2D eigenvalue weighted by Gasteiger charge is -2.41. The minimum atomic E-state index is -0.231. The van der Waals surface area contributed by atoms with Crippen LogP contribution >= 0.6 is 23.4 Å². The van der Waals surface area contributed by atoms with Crippen molar-refractivity contribution in [3.63, 3.8) is 0 Å². The van der Waals surface area contributed by atoms with E-state index in [2.05, 4.69) is 20.4 Å². The molecule has 0 spiro atoms. The van der Waals surface area contributed by atoms with Crippen molar-refractivity contribution in [2.45, 2.75) is 101 Å². The topological polar surface area (TPSA) is 80.1 Å². The van der Waals surface area contributed by atoms with Gasteiger partial charge in [-0.25, -0.2) is 0 Å². The number of carbonyl (C=O) groups is 2. The van der Waals surface area contributed by atoms with Gasteiger partial charge in [-0.2, -0.15) is 0 Å². The Hall–Kier alpha value is -2.32. The van der Waals surface area contributed by atoms with Crippen LogP contribution in [0.2, 0.25) is 5.02 Å². The lowest BCUT2D eigenvalue weighted by Crippen LogP contribution is -2.49. The van der Waals surface area contributed by atoms with E-state index in [9.17, 15) is 9.59 Å². The molecule has 2 aliphatic rings. The van der Waals surface area contributed by atoms with Crippen molar-refractivity contribution in [2.75, 3.05) is 5.75 Å². The molecule has 7 nitrogen and oxygen atoms in total. The number of aromatic nitrogens is 3. The van der Waals surface area contributed by atoms with E-state index >= 15 is 0 Å². The summed E-state index contributed by atoms with van der Waals surface area (Å²) in [4.78, 5) is 28.1. The van der Waals surface area contributed by atoms with Gasteiger partial charge in [0, 0.05) is 29.7 Å². The average Bonchev–Trinajstić information content (AvgIpc) is 3.33. The molecule has 1 heterocycles. The van der Waals surface area contributed by atoms with Gasteiger partial charge in [0.2, 0.25) is 11.8 Å². The van der Waals surface area contributed by atoms with Crippen molar-refractivity contribution >= 4 is 41.3 Å². The van der Waals surface area contributed by atoms with Crippen molar-refractivity contribution in [2.24, 2.45) is 0 Å². The van der Waals surface area contributed by atoms with Gasteiger partial charge in [-0.05, 0) is 50.3 Å². The Kier molecular flexibility index (Phi) is 10.5. The standard InChI is InChI=1S/C28H38ClN5O2S/c1-2-33-25(19-30-26(35)18-17-21-11-9-10-16-24(21)29)31-32-28(33)37-20-27(36)34(22-12-5-3-6-13-22)23-14-7-4-8-15-23/h9-11,16-18,22-23H,2-8,12-15,19-20H2,1H3,(H,30,35)/b18-17+. The van der Waals surface area contributed by atoms with E-state index in [0.717, 1.165) is 36.4 Å². The number of rotatable bonds is 10. The van der Waals surface area contributed by atoms with Crippen molar-refractivity contribution in [3.8, 4) is 0 Å². The van der Waals surface area contributed by atoms with E-state index in [0.29, 0.717) is 35.2 Å². The highest BCUT2D eigenvalue weighted by molar-refractivity contribution is 7.99. The van der Waals surface area contributed by atoms with Gasteiger partial charge in [-0.15, -0.1) is 10.2 Å². The molecule has 37 heavy (non-hydrogen) atoms. The van der Waals surface area contributed by atoms with Gasteiger partial charge in [0.25, 0.3) is 0 Å². The van der Waals surface area contributed by atoms with Crippen molar-refractivity contribution in [3.05, 3.63) is 46.8 Å². The van der Waals surface area contributed by atoms with Crippen molar-refractivity contribution in [1.29, 1.82) is 0 Å². The third-order valence-electron chi connectivity index (χ3n) is 7.40. The second kappa shape index (κ2) is 14.0. The van der Waals surface area contributed by atoms with Crippen LogP contribution in [0.5, 0.6) is 0 Å². The molecule has 0 aliphatic heterocycles. The maximum atomic E-state index is 13.5. The maximum absolute atomic E-state index is 13.5. The molecule has 4 rings (SSSR count). The average molecular weight is 544 g/mol. The fourth-order valence-electron chi connectivity index (χ4n) is 5.50. The Morgan fingerprint density at radius 3 is 2.32 bits per heavy atom. The first-order valence-electron chi connectivity index (χ1n) is 13.6. The predicted molar refractivity (Wildman–Crippen MR) is 149 cm³/mol. The van der Waals surface area contributed by atoms with Gasteiger partial charge >= 0.3 is 0 Å². The summed E-state index contributed by atoms with van der Waals surface area (Å²) in [5.41, 5.74) is 0.787. The summed E-state index contributed by atoms with van der Waals surface area (Å²) in [7, 11) is 0. The fraction of sp³-hybridized carbons (Fsp3) is 0.571. The van der Waals surface area contributed by atoms with Crippen LogP contribution < -0.4 is 5.32 Å². The third-order valence-corrected chi connectivity index (χ3v) is 8.69. The number of nitrogens with one attached hydrogen (secondary N) is 1. The highest BCUT2D eigenvalue weighted by Gasteiger charge is 2.32. The highest BCUT2D eigenvalue weighted by atomic mass is 35.5. The quantitative estimate of drug-likeness (QED) is 0.299. The number of benzene rings is 1. The molecule has 2 aromatic rings. The Morgan fingerprint density at radius 1 is 1.05 bits per heavy atom. The molecule has 0 atom stereocenters. The maximum Gasteiger partial charge on any atom is 0.244 e. The molecule has 2 amide bonds. The molecular weight excluding hydrogens is 506 g/mol. The van der Waals surface area contributed by atoms with Crippen LogP contribution in [0, 0.1) is 0 Å². The molecule has 1 N–H and O–H groups in total. The molecule has 0 saturated heterocycles. The molecule has 1 aromatic carbocycles. The number of carbonyl (C=O) groups excluding carboxylic acids is 2. The van der Waals surface area contributed by atoms with E-state index in [1.54, 1.807) is 12.1 Å². The van der Waals surface area contributed by atoms with Crippen LogP contribution in [-0.2, 0) is 22.7 Å². The third kappa shape index (κ3) is 7.60. The summed E-state index contributed by atoms with van der Waals surface area (Å²) < 4.78 is 1.97. The fourth-order valence-corrected chi connectivity index (χ4v) is 6.59. The van der Waals surface area contributed by atoms with E-state index in [1.165, 1.54) is 56.4 Å². The SMILES string of the molecule is CCn1c(CNC(=O)/C=C/c2ccccc2Cl)nnc1SCC(=O)N(C1CCCCC1)C1CCCCC1. The monoisotopic (exact) mass is 543 g/mol. The van der Waals surface area contributed by atoms with Gasteiger partial charge in [-0.3, -0.25) is 9.59 Å². The summed E-state index contributed by atoms with van der Waals surface area (Å²) in [5.74, 6) is 1.05. The Morgan fingerprint density at radius 2 is 1.70 bits per heavy atom. The Labute approximate surface area is 229 Å². The lowest BCUT2D eigenvalue weighted by molar-refractivity contribution is -0.135. The van der Waals surface area contributed by atoms with Crippen LogP contribution in [-0.4, -0.2) is 49.3 Å². The minimum Gasteiger partial charge on any atom is -0.345 e. The smallest absolute Gasteiger partial charge is 0.244 e. The molecule has 2 saturated carbocycles. The largest absolute Gasteiger partial charge is 0.345 e. The summed E-state index contributed by atoms with van der Waals surface area (Å²) in [6, 6.07) is 8.15. The minimum absolute atomic E-state index is 0.231. The van der Waals surface area contributed by atoms with Gasteiger partial charge in [-0.1, -0.05) is 80.1 Å². The van der Waals surface area contributed by atoms with E-state index in [-0.39, 0.29) is 18.4 Å². The van der Waals surface area contributed by atoms with E-state index in [4.69, 9.17) is 11.6 Å². The number of halogens is 1. The molecule has 0 unspecified atom stereocenters. The molecule has 200 valence electrons. The van der Waals surface area contributed by atoms with Gasteiger partial charge in [0.15, 0.2) is 11.0 Å². The molecule has 2 aliphatic carbocycles. The van der Waals surface area contributed by atoms with Gasteiger partial charge in [0.1, 0.15) is 0 Å². The molecule has 0 radical (unpaired) electrons. The predicted octanol–water partition coefficient (Wildman–Crippen LogP) is 5.87. The number of hydrogen-bond donors (Lipinski definition) is 1. The van der Waals surface area contributed by atoms with E-state index in [1.807, 2.05) is 29.7 Å². The van der Waals surface area contributed by atoms with Crippen LogP contribution in [0.3, 0.4) is 0 Å².